The van der Waals surface area contributed by atoms with Crippen molar-refractivity contribution < 1.29 is 18.8 Å². The zero-order chi connectivity index (χ0) is 15.4. The van der Waals surface area contributed by atoms with Gasteiger partial charge in [0, 0.05) is 6.07 Å². The smallest absolute Gasteiger partial charge is 0.338 e. The maximum atomic E-state index is 13.5. The Bertz CT molecular complexity index is 546. The molecule has 0 heterocycles. The van der Waals surface area contributed by atoms with Crippen LogP contribution in [-0.4, -0.2) is 17.0 Å². The summed E-state index contributed by atoms with van der Waals surface area (Å²) in [5.41, 5.74) is -0.630. The number of hydrogen-bond acceptors (Lipinski definition) is 4. The van der Waals surface area contributed by atoms with E-state index in [1.807, 2.05) is 0 Å². The number of nitrogens with zero attached hydrogens (tertiary/aromatic N) is 1. The van der Waals surface area contributed by atoms with Gasteiger partial charge in [0.25, 0.3) is 0 Å². The van der Waals surface area contributed by atoms with E-state index >= 15 is 0 Å². The highest BCUT2D eigenvalue weighted by Crippen LogP contribution is 2.30. The summed E-state index contributed by atoms with van der Waals surface area (Å²) in [6.45, 7) is 2.06. The summed E-state index contributed by atoms with van der Waals surface area (Å²) in [5, 5.41) is 10.6. The molecule has 0 N–H and O–H groups in total. The molecule has 114 valence electrons. The first-order valence-corrected chi connectivity index (χ1v) is 7.17. The summed E-state index contributed by atoms with van der Waals surface area (Å²) in [4.78, 5) is 21.8. The van der Waals surface area contributed by atoms with Crippen molar-refractivity contribution >= 4 is 11.7 Å². The Kier molecular flexibility index (Phi) is 4.88. The van der Waals surface area contributed by atoms with E-state index in [0.717, 1.165) is 44.2 Å². The van der Waals surface area contributed by atoms with Gasteiger partial charge in [0.15, 0.2) is 0 Å². The fourth-order valence-corrected chi connectivity index (χ4v) is 2.78. The number of nitro groups is 1. The molecule has 1 fully saturated rings. The first kappa shape index (κ1) is 15.4. The van der Waals surface area contributed by atoms with Crippen molar-refractivity contribution in [2.45, 2.75) is 45.1 Å². The average molecular weight is 295 g/mol. The molecule has 0 saturated heterocycles. The van der Waals surface area contributed by atoms with E-state index in [0.29, 0.717) is 5.92 Å². The van der Waals surface area contributed by atoms with Crippen molar-refractivity contribution in [3.63, 3.8) is 0 Å². The summed E-state index contributed by atoms with van der Waals surface area (Å²) in [6, 6.07) is 3.08. The maximum Gasteiger partial charge on any atom is 0.338 e. The van der Waals surface area contributed by atoms with Gasteiger partial charge >= 0.3 is 11.7 Å². The number of halogens is 1. The van der Waals surface area contributed by atoms with E-state index in [1.54, 1.807) is 0 Å². The minimum absolute atomic E-state index is 0.0125. The van der Waals surface area contributed by atoms with E-state index < -0.39 is 22.4 Å². The van der Waals surface area contributed by atoms with Crippen LogP contribution < -0.4 is 0 Å². The van der Waals surface area contributed by atoms with Crippen molar-refractivity contribution in [2.24, 2.45) is 5.92 Å². The Morgan fingerprint density at radius 2 is 2.14 bits per heavy atom. The lowest BCUT2D eigenvalue weighted by molar-refractivity contribution is -0.387. The molecule has 0 bridgehead atoms. The average Bonchev–Trinajstić information content (AvgIpc) is 2.47. The van der Waals surface area contributed by atoms with Gasteiger partial charge in [-0.05, 0) is 43.7 Å². The van der Waals surface area contributed by atoms with Crippen LogP contribution in [0, 0.1) is 21.8 Å². The monoisotopic (exact) mass is 295 g/mol. The zero-order valence-electron chi connectivity index (χ0n) is 11.9. The summed E-state index contributed by atoms with van der Waals surface area (Å²) in [5.74, 6) is -1.30. The minimum Gasteiger partial charge on any atom is -0.458 e. The third-order valence-electron chi connectivity index (χ3n) is 4.00. The maximum absolute atomic E-state index is 13.5. The van der Waals surface area contributed by atoms with Gasteiger partial charge in [-0.15, -0.1) is 0 Å². The van der Waals surface area contributed by atoms with Gasteiger partial charge in [-0.3, -0.25) is 10.1 Å². The lowest BCUT2D eigenvalue weighted by Gasteiger charge is -2.30. The van der Waals surface area contributed by atoms with Crippen LogP contribution in [0.1, 0.15) is 49.4 Å². The highest BCUT2D eigenvalue weighted by Gasteiger charge is 2.28. The van der Waals surface area contributed by atoms with Crippen molar-refractivity contribution in [2.75, 3.05) is 0 Å². The van der Waals surface area contributed by atoms with E-state index in [9.17, 15) is 19.3 Å². The number of hydrogen-bond donors (Lipinski definition) is 0. The molecule has 5 nitrogen and oxygen atoms in total. The third-order valence-corrected chi connectivity index (χ3v) is 4.00. The topological polar surface area (TPSA) is 69.4 Å². The van der Waals surface area contributed by atoms with Crippen LogP contribution >= 0.6 is 0 Å². The van der Waals surface area contributed by atoms with E-state index in [1.165, 1.54) is 6.07 Å². The molecule has 0 aromatic heterocycles. The lowest BCUT2D eigenvalue weighted by atomic mass is 9.85. The molecule has 21 heavy (non-hydrogen) atoms. The van der Waals surface area contributed by atoms with Crippen LogP contribution in [0.2, 0.25) is 0 Å². The third kappa shape index (κ3) is 3.56. The Balaban J connectivity index is 2.09. The molecule has 2 atom stereocenters. The van der Waals surface area contributed by atoms with E-state index in [2.05, 4.69) is 6.92 Å². The first-order valence-electron chi connectivity index (χ1n) is 7.17. The molecule has 0 amide bonds. The predicted molar refractivity (Wildman–Crippen MR) is 74.5 cm³/mol. The number of carbonyl (C=O) groups is 1. The highest BCUT2D eigenvalue weighted by atomic mass is 19.1. The minimum atomic E-state index is -1.02. The Morgan fingerprint density at radius 3 is 2.76 bits per heavy atom. The molecule has 0 radical (unpaired) electrons. The van der Waals surface area contributed by atoms with Crippen molar-refractivity contribution in [1.82, 2.24) is 0 Å². The second-order valence-corrected chi connectivity index (χ2v) is 5.32. The van der Waals surface area contributed by atoms with Gasteiger partial charge in [0.2, 0.25) is 5.82 Å². The molecule has 2 rings (SSSR count). The first-order chi connectivity index (χ1) is 10.0. The molecule has 2 unspecified atom stereocenters. The van der Waals surface area contributed by atoms with Gasteiger partial charge in [-0.2, -0.15) is 4.39 Å². The molecule has 6 heteroatoms. The SMILES string of the molecule is CCC1CCCCC1OC(=O)c1ccc([N+](=O)[O-])c(F)c1. The van der Waals surface area contributed by atoms with Crippen molar-refractivity contribution in [1.29, 1.82) is 0 Å². The molecule has 1 saturated carbocycles. The van der Waals surface area contributed by atoms with Crippen LogP contribution in [0.4, 0.5) is 10.1 Å². The molecular weight excluding hydrogens is 277 g/mol. The van der Waals surface area contributed by atoms with Crippen LogP contribution in [0.15, 0.2) is 18.2 Å². The van der Waals surface area contributed by atoms with E-state index in [4.69, 9.17) is 4.74 Å². The summed E-state index contributed by atoms with van der Waals surface area (Å²) in [7, 11) is 0. The molecule has 0 aliphatic heterocycles. The largest absolute Gasteiger partial charge is 0.458 e. The van der Waals surface area contributed by atoms with Crippen LogP contribution in [0.25, 0.3) is 0 Å². The molecule has 1 aliphatic carbocycles. The predicted octanol–water partition coefficient (Wildman–Crippen LogP) is 3.86. The van der Waals surface area contributed by atoms with Crippen LogP contribution in [-0.2, 0) is 4.74 Å². The second-order valence-electron chi connectivity index (χ2n) is 5.32. The number of benzene rings is 1. The molecule has 0 spiro atoms. The Labute approximate surface area is 122 Å². The molecular formula is C15H18FNO4. The van der Waals surface area contributed by atoms with Gasteiger partial charge in [-0.25, -0.2) is 4.79 Å². The Hall–Kier alpha value is -1.98. The quantitative estimate of drug-likeness (QED) is 0.480. The summed E-state index contributed by atoms with van der Waals surface area (Å²) < 4.78 is 19.0. The van der Waals surface area contributed by atoms with Crippen LogP contribution in [0.3, 0.4) is 0 Å². The number of esters is 1. The second kappa shape index (κ2) is 6.65. The number of rotatable bonds is 4. The molecule has 1 aromatic carbocycles. The van der Waals surface area contributed by atoms with Gasteiger partial charge in [0.1, 0.15) is 6.10 Å². The number of ether oxygens (including phenoxy) is 1. The zero-order valence-corrected chi connectivity index (χ0v) is 11.9. The number of carbonyl (C=O) groups excluding carboxylic acids is 1. The summed E-state index contributed by atoms with van der Waals surface area (Å²) in [6.07, 6.45) is 4.80. The molecule has 1 aliphatic rings. The van der Waals surface area contributed by atoms with E-state index in [-0.39, 0.29) is 11.7 Å². The lowest BCUT2D eigenvalue weighted by Crippen LogP contribution is -2.29. The fourth-order valence-electron chi connectivity index (χ4n) is 2.78. The van der Waals surface area contributed by atoms with Crippen molar-refractivity contribution in [3.8, 4) is 0 Å². The molecule has 1 aromatic rings. The highest BCUT2D eigenvalue weighted by molar-refractivity contribution is 5.89. The summed E-state index contributed by atoms with van der Waals surface area (Å²) >= 11 is 0. The van der Waals surface area contributed by atoms with Gasteiger partial charge < -0.3 is 4.74 Å². The Morgan fingerprint density at radius 1 is 1.43 bits per heavy atom. The standard InChI is InChI=1S/C15H18FNO4/c1-2-10-5-3-4-6-14(10)21-15(18)11-7-8-13(17(19)20)12(16)9-11/h7-10,14H,2-6H2,1H3. The van der Waals surface area contributed by atoms with Gasteiger partial charge in [-0.1, -0.05) is 13.3 Å². The van der Waals surface area contributed by atoms with Gasteiger partial charge in [0.05, 0.1) is 10.5 Å². The number of nitro benzene ring substituents is 1. The van der Waals surface area contributed by atoms with Crippen LogP contribution in [0.5, 0.6) is 0 Å². The fraction of sp³-hybridized carbons (Fsp3) is 0.533. The normalized spacial score (nSPS) is 21.8. The van der Waals surface area contributed by atoms with Crippen molar-refractivity contribution in [3.05, 3.63) is 39.7 Å².